The van der Waals surface area contributed by atoms with Crippen molar-refractivity contribution in [2.75, 3.05) is 0 Å². The van der Waals surface area contributed by atoms with E-state index in [4.69, 9.17) is 5.11 Å². The molecule has 0 unspecified atom stereocenters. The van der Waals surface area contributed by atoms with E-state index in [1.807, 2.05) is 0 Å². The predicted molar refractivity (Wildman–Crippen MR) is 97.5 cm³/mol. The number of benzene rings is 2. The first-order valence-corrected chi connectivity index (χ1v) is 10.1. The van der Waals surface area contributed by atoms with Crippen LogP contribution < -0.4 is 4.72 Å². The smallest absolute Gasteiger partial charge is 0.240 e. The lowest BCUT2D eigenvalue weighted by Crippen LogP contribution is -2.37. The topological polar surface area (TPSA) is 107 Å². The van der Waals surface area contributed by atoms with Crippen molar-refractivity contribution in [3.8, 4) is 11.5 Å². The van der Waals surface area contributed by atoms with Crippen LogP contribution in [-0.4, -0.2) is 29.8 Å². The number of aromatic hydroxyl groups is 2. The third kappa shape index (κ3) is 4.17. The quantitative estimate of drug-likeness (QED) is 0.641. The molecule has 0 bridgehead atoms. The molecule has 4 N–H and O–H groups in total. The Bertz CT molecular complexity index is 856. The number of phenolic OH excluding ortho intramolecular Hbond substituents is 2. The van der Waals surface area contributed by atoms with Gasteiger partial charge in [0.05, 0.1) is 11.5 Å². The summed E-state index contributed by atoms with van der Waals surface area (Å²) in [7, 11) is -3.59. The van der Waals surface area contributed by atoms with E-state index in [-0.39, 0.29) is 35.0 Å². The van der Waals surface area contributed by atoms with Gasteiger partial charge in [0.25, 0.3) is 0 Å². The number of rotatable bonds is 5. The highest BCUT2D eigenvalue weighted by Crippen LogP contribution is 2.38. The van der Waals surface area contributed by atoms with Crippen LogP contribution in [0, 0.1) is 0 Å². The third-order valence-corrected chi connectivity index (χ3v) is 6.46. The zero-order valence-electron chi connectivity index (χ0n) is 14.3. The van der Waals surface area contributed by atoms with Crippen molar-refractivity contribution in [1.29, 1.82) is 0 Å². The molecule has 6 nitrogen and oxygen atoms in total. The average molecular weight is 377 g/mol. The van der Waals surface area contributed by atoms with Gasteiger partial charge in [-0.2, -0.15) is 0 Å². The number of aliphatic hydroxyl groups is 1. The molecule has 0 spiro atoms. The van der Waals surface area contributed by atoms with E-state index in [0.29, 0.717) is 18.4 Å². The molecular formula is C19H23NO5S. The molecule has 0 aromatic heterocycles. The van der Waals surface area contributed by atoms with Crippen molar-refractivity contribution in [2.24, 2.45) is 0 Å². The Labute approximate surface area is 153 Å². The average Bonchev–Trinajstić information content (AvgIpc) is 2.62. The maximum atomic E-state index is 12.5. The summed E-state index contributed by atoms with van der Waals surface area (Å²) >= 11 is 0. The molecule has 0 heterocycles. The minimum atomic E-state index is -3.59. The highest BCUT2D eigenvalue weighted by Gasteiger charge is 2.27. The molecule has 0 aliphatic heterocycles. The molecule has 26 heavy (non-hydrogen) atoms. The Kier molecular flexibility index (Phi) is 5.50. The minimum absolute atomic E-state index is 0.0277. The first kappa shape index (κ1) is 18.7. The number of aliphatic hydroxyl groups excluding tert-OH is 1. The van der Waals surface area contributed by atoms with Crippen LogP contribution in [0.2, 0.25) is 0 Å². The fourth-order valence-electron chi connectivity index (χ4n) is 3.46. The molecule has 1 aliphatic rings. The summed E-state index contributed by atoms with van der Waals surface area (Å²) in [6.45, 7) is -0.123. The van der Waals surface area contributed by atoms with Gasteiger partial charge in [0, 0.05) is 12.1 Å². The highest BCUT2D eigenvalue weighted by molar-refractivity contribution is 7.89. The normalized spacial score (nSPS) is 20.8. The zero-order chi connectivity index (χ0) is 18.7. The van der Waals surface area contributed by atoms with Gasteiger partial charge in [0.15, 0.2) is 0 Å². The van der Waals surface area contributed by atoms with E-state index in [1.54, 1.807) is 24.3 Å². The molecule has 0 atom stereocenters. The first-order chi connectivity index (χ1) is 12.4. The van der Waals surface area contributed by atoms with Crippen LogP contribution in [0.4, 0.5) is 0 Å². The molecule has 7 heteroatoms. The lowest BCUT2D eigenvalue weighted by molar-refractivity contribution is 0.282. The summed E-state index contributed by atoms with van der Waals surface area (Å²) in [5.74, 6) is 0.262. The summed E-state index contributed by atoms with van der Waals surface area (Å²) in [6.07, 6.45) is 2.88. The van der Waals surface area contributed by atoms with Gasteiger partial charge in [-0.3, -0.25) is 0 Å². The molecular weight excluding hydrogens is 354 g/mol. The Morgan fingerprint density at radius 1 is 0.962 bits per heavy atom. The fourth-order valence-corrected chi connectivity index (χ4v) is 4.77. The van der Waals surface area contributed by atoms with E-state index >= 15 is 0 Å². The second-order valence-corrected chi connectivity index (χ2v) is 8.43. The molecule has 1 saturated carbocycles. The van der Waals surface area contributed by atoms with E-state index < -0.39 is 10.0 Å². The molecule has 0 radical (unpaired) electrons. The van der Waals surface area contributed by atoms with Crippen molar-refractivity contribution < 1.29 is 23.7 Å². The van der Waals surface area contributed by atoms with Gasteiger partial charge in [-0.15, -0.1) is 0 Å². The van der Waals surface area contributed by atoms with Crippen molar-refractivity contribution in [3.05, 3.63) is 53.6 Å². The summed E-state index contributed by atoms with van der Waals surface area (Å²) < 4.78 is 27.8. The van der Waals surface area contributed by atoms with Gasteiger partial charge in [-0.1, -0.05) is 18.2 Å². The highest BCUT2D eigenvalue weighted by atomic mass is 32.2. The zero-order valence-corrected chi connectivity index (χ0v) is 15.1. The monoisotopic (exact) mass is 377 g/mol. The Morgan fingerprint density at radius 3 is 2.19 bits per heavy atom. The molecule has 1 fully saturated rings. The summed E-state index contributed by atoms with van der Waals surface area (Å²) in [5, 5.41) is 28.4. The van der Waals surface area contributed by atoms with Crippen LogP contribution in [0.3, 0.4) is 0 Å². The molecule has 1 aliphatic carbocycles. The van der Waals surface area contributed by atoms with Crippen molar-refractivity contribution in [3.63, 3.8) is 0 Å². The first-order valence-electron chi connectivity index (χ1n) is 8.63. The summed E-state index contributed by atoms with van der Waals surface area (Å²) in [5.41, 5.74) is 1.46. The minimum Gasteiger partial charge on any atom is -0.508 e. The van der Waals surface area contributed by atoms with Crippen LogP contribution in [0.1, 0.15) is 42.7 Å². The molecule has 2 aromatic carbocycles. The largest absolute Gasteiger partial charge is 0.508 e. The van der Waals surface area contributed by atoms with Crippen LogP contribution >= 0.6 is 0 Å². The Morgan fingerprint density at radius 2 is 1.62 bits per heavy atom. The standard InChI is InChI=1S/C19H23NO5S/c21-12-13-1-8-17(9-2-13)26(24,25)20-15-5-3-14(4-6-15)18-10-7-16(22)11-19(18)23/h1-2,7-11,14-15,20-23H,3-6,12H2/t14-,15+. The fraction of sp³-hybridized carbons (Fsp3) is 0.368. The van der Waals surface area contributed by atoms with Gasteiger partial charge in [-0.05, 0) is 60.9 Å². The SMILES string of the molecule is O=S(=O)(N[C@H]1CC[C@@H](c2ccc(O)cc2O)CC1)c1ccc(CO)cc1. The van der Waals surface area contributed by atoms with Crippen LogP contribution in [-0.2, 0) is 16.6 Å². The number of hydrogen-bond acceptors (Lipinski definition) is 5. The Hall–Kier alpha value is -2.09. The molecule has 3 rings (SSSR count). The van der Waals surface area contributed by atoms with E-state index in [9.17, 15) is 18.6 Å². The second kappa shape index (κ2) is 7.65. The third-order valence-electron chi connectivity index (χ3n) is 4.92. The molecule has 0 amide bonds. The van der Waals surface area contributed by atoms with Crippen molar-refractivity contribution in [1.82, 2.24) is 4.72 Å². The van der Waals surface area contributed by atoms with Crippen LogP contribution in [0.25, 0.3) is 0 Å². The van der Waals surface area contributed by atoms with E-state index in [0.717, 1.165) is 18.4 Å². The maximum absolute atomic E-state index is 12.5. The summed E-state index contributed by atoms with van der Waals surface area (Å²) in [6, 6.07) is 10.6. The number of hydrogen-bond donors (Lipinski definition) is 4. The lowest BCUT2D eigenvalue weighted by Gasteiger charge is -2.29. The van der Waals surface area contributed by atoms with Crippen molar-refractivity contribution >= 4 is 10.0 Å². The van der Waals surface area contributed by atoms with Gasteiger partial charge < -0.3 is 15.3 Å². The van der Waals surface area contributed by atoms with Crippen LogP contribution in [0.15, 0.2) is 47.4 Å². The van der Waals surface area contributed by atoms with Gasteiger partial charge >= 0.3 is 0 Å². The number of phenols is 2. The van der Waals surface area contributed by atoms with Crippen LogP contribution in [0.5, 0.6) is 11.5 Å². The van der Waals surface area contributed by atoms with E-state index in [1.165, 1.54) is 18.2 Å². The predicted octanol–water partition coefficient (Wildman–Crippen LogP) is 2.59. The molecule has 0 saturated heterocycles. The molecule has 140 valence electrons. The number of sulfonamides is 1. The lowest BCUT2D eigenvalue weighted by atomic mass is 9.81. The van der Waals surface area contributed by atoms with E-state index in [2.05, 4.69) is 4.72 Å². The second-order valence-electron chi connectivity index (χ2n) is 6.72. The summed E-state index contributed by atoms with van der Waals surface area (Å²) in [4.78, 5) is 0.188. The van der Waals surface area contributed by atoms with Crippen molar-refractivity contribution in [2.45, 2.75) is 49.1 Å². The molecule has 2 aromatic rings. The van der Waals surface area contributed by atoms with Gasteiger partial charge in [0.2, 0.25) is 10.0 Å². The maximum Gasteiger partial charge on any atom is 0.240 e. The van der Waals surface area contributed by atoms with Gasteiger partial charge in [-0.25, -0.2) is 13.1 Å². The Balaban J connectivity index is 1.62. The van der Waals surface area contributed by atoms with Gasteiger partial charge in [0.1, 0.15) is 11.5 Å². The number of nitrogens with one attached hydrogen (secondary N) is 1.